The molecule has 2 N–H and O–H groups in total. The summed E-state index contributed by atoms with van der Waals surface area (Å²) in [5.41, 5.74) is 0.896. The molecule has 1 amide bonds. The highest BCUT2D eigenvalue weighted by atomic mass is 16.5. The third kappa shape index (κ3) is 2.51. The van der Waals surface area contributed by atoms with Crippen molar-refractivity contribution >= 4 is 22.8 Å². The number of hydrogen-bond acceptors (Lipinski definition) is 3. The van der Waals surface area contributed by atoms with Gasteiger partial charge in [0.1, 0.15) is 6.04 Å². The lowest BCUT2D eigenvalue weighted by Gasteiger charge is -2.10. The van der Waals surface area contributed by atoms with E-state index in [0.717, 1.165) is 10.9 Å². The van der Waals surface area contributed by atoms with Gasteiger partial charge in [-0.3, -0.25) is 4.79 Å². The maximum atomic E-state index is 11.7. The van der Waals surface area contributed by atoms with Crippen molar-refractivity contribution in [1.29, 1.82) is 0 Å². The number of ether oxygens (including phenoxy) is 1. The Hall–Kier alpha value is -2.30. The number of rotatable bonds is 3. The molecule has 0 saturated carbocycles. The van der Waals surface area contributed by atoms with Crippen LogP contribution in [0.15, 0.2) is 30.5 Å². The highest BCUT2D eigenvalue weighted by Gasteiger charge is 2.17. The quantitative estimate of drug-likeness (QED) is 0.808. The van der Waals surface area contributed by atoms with Crippen LogP contribution in [0.4, 0.5) is 0 Å². The van der Waals surface area contributed by atoms with Crippen molar-refractivity contribution in [3.8, 4) is 5.75 Å². The Kier molecular flexibility index (Phi) is 3.32. The minimum Gasteiger partial charge on any atom is -0.423 e. The molecule has 18 heavy (non-hydrogen) atoms. The monoisotopic (exact) mass is 246 g/mol. The predicted octanol–water partition coefficient (Wildman–Crippen LogP) is 1.60. The smallest absolute Gasteiger partial charge is 0.333 e. The van der Waals surface area contributed by atoms with Crippen LogP contribution in [0.5, 0.6) is 5.75 Å². The molecule has 0 spiro atoms. The molecule has 0 fully saturated rings. The predicted molar refractivity (Wildman–Crippen MR) is 67.2 cm³/mol. The number of aromatic amines is 1. The van der Waals surface area contributed by atoms with Crippen LogP contribution in [-0.2, 0) is 9.59 Å². The van der Waals surface area contributed by atoms with E-state index in [2.05, 4.69) is 10.3 Å². The third-order valence-electron chi connectivity index (χ3n) is 2.54. The fourth-order valence-corrected chi connectivity index (χ4v) is 1.69. The number of carbonyl (C=O) groups is 2. The van der Waals surface area contributed by atoms with Gasteiger partial charge >= 0.3 is 5.97 Å². The molecular weight excluding hydrogens is 232 g/mol. The van der Waals surface area contributed by atoms with E-state index in [9.17, 15) is 9.59 Å². The molecule has 0 aliphatic carbocycles. The first-order valence-electron chi connectivity index (χ1n) is 5.63. The third-order valence-corrected chi connectivity index (χ3v) is 2.54. The Labute approximate surface area is 104 Å². The number of hydrogen-bond donors (Lipinski definition) is 2. The number of para-hydroxylation sites is 1. The van der Waals surface area contributed by atoms with E-state index >= 15 is 0 Å². The zero-order valence-corrected chi connectivity index (χ0v) is 10.2. The average molecular weight is 246 g/mol. The molecule has 2 rings (SSSR count). The van der Waals surface area contributed by atoms with Gasteiger partial charge in [-0.15, -0.1) is 0 Å². The van der Waals surface area contributed by atoms with Crippen molar-refractivity contribution in [3.63, 3.8) is 0 Å². The lowest BCUT2D eigenvalue weighted by atomic mass is 10.2. The number of nitrogens with one attached hydrogen (secondary N) is 2. The van der Waals surface area contributed by atoms with Crippen molar-refractivity contribution < 1.29 is 14.3 Å². The van der Waals surface area contributed by atoms with Gasteiger partial charge in [0.25, 0.3) is 0 Å². The molecule has 94 valence electrons. The lowest BCUT2D eigenvalue weighted by Crippen LogP contribution is -2.39. The summed E-state index contributed by atoms with van der Waals surface area (Å²) >= 11 is 0. The zero-order chi connectivity index (χ0) is 13.1. The van der Waals surface area contributed by atoms with Crippen LogP contribution in [0.3, 0.4) is 0 Å². The largest absolute Gasteiger partial charge is 0.423 e. The van der Waals surface area contributed by atoms with Gasteiger partial charge in [0, 0.05) is 24.0 Å². The van der Waals surface area contributed by atoms with Crippen LogP contribution in [0, 0.1) is 0 Å². The Morgan fingerprint density at radius 3 is 2.78 bits per heavy atom. The fourth-order valence-electron chi connectivity index (χ4n) is 1.69. The van der Waals surface area contributed by atoms with Gasteiger partial charge in [-0.25, -0.2) is 4.79 Å². The van der Waals surface area contributed by atoms with Crippen molar-refractivity contribution in [3.05, 3.63) is 30.5 Å². The van der Waals surface area contributed by atoms with Crippen LogP contribution in [-0.4, -0.2) is 22.9 Å². The zero-order valence-electron chi connectivity index (χ0n) is 10.2. The summed E-state index contributed by atoms with van der Waals surface area (Å²) in [4.78, 5) is 25.6. The number of carbonyl (C=O) groups excluding carboxylic acids is 2. The maximum Gasteiger partial charge on any atom is 0.333 e. The molecule has 5 nitrogen and oxygen atoms in total. The van der Waals surface area contributed by atoms with Gasteiger partial charge in [0.05, 0.1) is 0 Å². The topological polar surface area (TPSA) is 71.2 Å². The van der Waals surface area contributed by atoms with Gasteiger partial charge in [-0.05, 0) is 19.1 Å². The lowest BCUT2D eigenvalue weighted by molar-refractivity contribution is -0.138. The Balaban J connectivity index is 2.14. The number of amides is 1. The van der Waals surface area contributed by atoms with E-state index in [1.165, 1.54) is 6.92 Å². The first-order valence-corrected chi connectivity index (χ1v) is 5.63. The van der Waals surface area contributed by atoms with Crippen molar-refractivity contribution in [2.75, 3.05) is 0 Å². The normalized spacial score (nSPS) is 12.1. The molecule has 0 aliphatic heterocycles. The molecule has 1 aromatic carbocycles. The molecule has 0 saturated heterocycles. The minimum atomic E-state index is -0.670. The molecule has 0 unspecified atom stereocenters. The molecule has 0 radical (unpaired) electrons. The van der Waals surface area contributed by atoms with Crippen LogP contribution in [0.25, 0.3) is 10.9 Å². The average Bonchev–Trinajstić information content (AvgIpc) is 2.72. The van der Waals surface area contributed by atoms with Gasteiger partial charge in [0.15, 0.2) is 5.75 Å². The molecule has 5 heteroatoms. The maximum absolute atomic E-state index is 11.7. The van der Waals surface area contributed by atoms with Crippen LogP contribution >= 0.6 is 0 Å². The molecule has 1 atom stereocenters. The van der Waals surface area contributed by atoms with Crippen LogP contribution < -0.4 is 10.1 Å². The Morgan fingerprint density at radius 1 is 1.33 bits per heavy atom. The fraction of sp³-hybridized carbons (Fsp3) is 0.231. The summed E-state index contributed by atoms with van der Waals surface area (Å²) < 4.78 is 5.25. The number of esters is 1. The van der Waals surface area contributed by atoms with E-state index < -0.39 is 12.0 Å². The molecule has 0 bridgehead atoms. The Bertz CT molecular complexity index is 589. The first-order chi connectivity index (χ1) is 8.58. The second-order valence-corrected chi connectivity index (χ2v) is 4.04. The highest BCUT2D eigenvalue weighted by Crippen LogP contribution is 2.25. The van der Waals surface area contributed by atoms with E-state index in [0.29, 0.717) is 5.75 Å². The first kappa shape index (κ1) is 12.2. The minimum absolute atomic E-state index is 0.265. The van der Waals surface area contributed by atoms with Crippen molar-refractivity contribution in [2.24, 2.45) is 0 Å². The summed E-state index contributed by atoms with van der Waals surface area (Å²) in [6.45, 7) is 2.94. The van der Waals surface area contributed by atoms with Crippen molar-refractivity contribution in [2.45, 2.75) is 19.9 Å². The number of benzene rings is 1. The van der Waals surface area contributed by atoms with E-state index in [1.807, 2.05) is 24.3 Å². The molecule has 2 aromatic rings. The van der Waals surface area contributed by atoms with E-state index in [-0.39, 0.29) is 5.91 Å². The van der Waals surface area contributed by atoms with Crippen LogP contribution in [0.1, 0.15) is 13.8 Å². The number of fused-ring (bicyclic) bond motifs is 1. The second-order valence-electron chi connectivity index (χ2n) is 4.04. The van der Waals surface area contributed by atoms with Gasteiger partial charge in [0.2, 0.25) is 5.91 Å². The molecule has 1 aromatic heterocycles. The van der Waals surface area contributed by atoms with Crippen molar-refractivity contribution in [1.82, 2.24) is 10.3 Å². The van der Waals surface area contributed by atoms with Gasteiger partial charge in [-0.2, -0.15) is 0 Å². The number of H-pyrrole nitrogens is 1. The SMILES string of the molecule is CC(=O)N[C@@H](C)C(=O)Oc1c[nH]c2ccccc12. The summed E-state index contributed by atoms with van der Waals surface area (Å²) in [5.74, 6) is -0.291. The summed E-state index contributed by atoms with van der Waals surface area (Å²) in [5, 5.41) is 3.31. The highest BCUT2D eigenvalue weighted by molar-refractivity contribution is 5.90. The second kappa shape index (κ2) is 4.91. The Morgan fingerprint density at radius 2 is 2.06 bits per heavy atom. The van der Waals surface area contributed by atoms with Gasteiger partial charge < -0.3 is 15.0 Å². The van der Waals surface area contributed by atoms with Crippen LogP contribution in [0.2, 0.25) is 0 Å². The summed E-state index contributed by atoms with van der Waals surface area (Å²) in [6, 6.07) is 6.84. The molecule has 1 heterocycles. The number of aromatic nitrogens is 1. The molecular formula is C13H14N2O3. The van der Waals surface area contributed by atoms with E-state index in [4.69, 9.17) is 4.74 Å². The summed E-state index contributed by atoms with van der Waals surface area (Å²) in [6.07, 6.45) is 1.63. The molecule has 0 aliphatic rings. The van der Waals surface area contributed by atoms with Gasteiger partial charge in [-0.1, -0.05) is 12.1 Å². The summed E-state index contributed by atoms with van der Waals surface area (Å²) in [7, 11) is 0. The standard InChI is InChI=1S/C13H14N2O3/c1-8(15-9(2)16)13(17)18-12-7-14-11-6-4-3-5-10(11)12/h3-8,14H,1-2H3,(H,15,16)/t8-/m0/s1. The van der Waals surface area contributed by atoms with E-state index in [1.54, 1.807) is 13.1 Å².